The second-order valence-electron chi connectivity index (χ2n) is 3.53. The molecule has 0 fully saturated rings. The fourth-order valence-corrected chi connectivity index (χ4v) is 2.08. The number of sulfonamides is 1. The lowest BCUT2D eigenvalue weighted by Crippen LogP contribution is -2.31. The van der Waals surface area contributed by atoms with Gasteiger partial charge in [-0.25, -0.2) is 18.1 Å². The van der Waals surface area contributed by atoms with Crippen LogP contribution in [0.5, 0.6) is 0 Å². The Balaban J connectivity index is 2.68. The van der Waals surface area contributed by atoms with E-state index in [2.05, 4.69) is 14.7 Å². The zero-order valence-corrected chi connectivity index (χ0v) is 9.63. The third kappa shape index (κ3) is 3.29. The molecule has 1 heterocycles. The minimum Gasteiger partial charge on any atom is -0.332 e. The fourth-order valence-electron chi connectivity index (χ4n) is 0.948. The summed E-state index contributed by atoms with van der Waals surface area (Å²) < 4.78 is 25.7. The van der Waals surface area contributed by atoms with Crippen LogP contribution >= 0.6 is 0 Å². The van der Waals surface area contributed by atoms with Crippen molar-refractivity contribution in [3.63, 3.8) is 0 Å². The molecule has 4 N–H and O–H groups in total. The summed E-state index contributed by atoms with van der Waals surface area (Å²) in [6.45, 7) is 4.35. The Hall–Kier alpha value is -0.920. The van der Waals surface area contributed by atoms with Gasteiger partial charge in [-0.1, -0.05) is 6.92 Å². The first-order valence-corrected chi connectivity index (χ1v) is 6.15. The predicted octanol–water partition coefficient (Wildman–Crippen LogP) is -0.409. The Kier molecular flexibility index (Phi) is 3.83. The minimum absolute atomic E-state index is 0.0872. The van der Waals surface area contributed by atoms with Crippen LogP contribution in [-0.2, 0) is 10.0 Å². The van der Waals surface area contributed by atoms with Crippen molar-refractivity contribution in [2.24, 2.45) is 11.7 Å². The van der Waals surface area contributed by atoms with Gasteiger partial charge in [0, 0.05) is 6.54 Å². The number of nitrogens with zero attached hydrogens (tertiary/aromatic N) is 1. The van der Waals surface area contributed by atoms with Gasteiger partial charge in [0.2, 0.25) is 0 Å². The summed E-state index contributed by atoms with van der Waals surface area (Å²) in [4.78, 5) is 6.50. The highest BCUT2D eigenvalue weighted by molar-refractivity contribution is 7.89. The summed E-state index contributed by atoms with van der Waals surface area (Å²) in [5.41, 5.74) is 5.39. The van der Waals surface area contributed by atoms with E-state index in [4.69, 9.17) is 5.73 Å². The van der Waals surface area contributed by atoms with Gasteiger partial charge < -0.3 is 10.7 Å². The van der Waals surface area contributed by atoms with Crippen molar-refractivity contribution in [2.75, 3.05) is 13.1 Å². The van der Waals surface area contributed by atoms with Crippen molar-refractivity contribution in [1.82, 2.24) is 14.7 Å². The van der Waals surface area contributed by atoms with E-state index in [1.165, 1.54) is 6.20 Å². The van der Waals surface area contributed by atoms with Crippen LogP contribution < -0.4 is 10.5 Å². The molecular formula is C8H16N4O2S. The summed E-state index contributed by atoms with van der Waals surface area (Å²) in [7, 11) is -3.47. The molecule has 0 saturated heterocycles. The van der Waals surface area contributed by atoms with E-state index in [-0.39, 0.29) is 10.9 Å². The summed E-state index contributed by atoms with van der Waals surface area (Å²) in [5, 5.41) is 0.0872. The molecule has 0 bridgehead atoms. The lowest BCUT2D eigenvalue weighted by molar-refractivity contribution is 0.543. The molecular weight excluding hydrogens is 216 g/mol. The zero-order chi connectivity index (χ0) is 11.5. The van der Waals surface area contributed by atoms with E-state index < -0.39 is 10.0 Å². The average molecular weight is 232 g/mol. The summed E-state index contributed by atoms with van der Waals surface area (Å²) in [5.74, 6) is 0.686. The molecule has 0 saturated carbocycles. The van der Waals surface area contributed by atoms with Crippen LogP contribution in [0.25, 0.3) is 0 Å². The van der Waals surface area contributed by atoms with Gasteiger partial charge >= 0.3 is 0 Å². The largest absolute Gasteiger partial charge is 0.332 e. The molecule has 1 aromatic rings. The third-order valence-electron chi connectivity index (χ3n) is 1.99. The quantitative estimate of drug-likeness (QED) is 0.642. The van der Waals surface area contributed by atoms with Gasteiger partial charge in [0.25, 0.3) is 10.0 Å². The van der Waals surface area contributed by atoms with Crippen molar-refractivity contribution in [3.8, 4) is 0 Å². The Morgan fingerprint density at radius 1 is 1.67 bits per heavy atom. The summed E-state index contributed by atoms with van der Waals surface area (Å²) in [6, 6.07) is 0. The van der Waals surface area contributed by atoms with Crippen LogP contribution in [0.1, 0.15) is 12.7 Å². The van der Waals surface area contributed by atoms with Crippen LogP contribution in [0, 0.1) is 12.8 Å². The van der Waals surface area contributed by atoms with Gasteiger partial charge in [-0.05, 0) is 19.4 Å². The van der Waals surface area contributed by atoms with Crippen LogP contribution in [0.15, 0.2) is 11.2 Å². The second kappa shape index (κ2) is 4.73. The first-order chi connectivity index (χ1) is 6.95. The van der Waals surface area contributed by atoms with E-state index in [0.29, 0.717) is 18.9 Å². The monoisotopic (exact) mass is 232 g/mol. The predicted molar refractivity (Wildman–Crippen MR) is 56.7 cm³/mol. The lowest BCUT2D eigenvalue weighted by Gasteiger charge is -2.09. The molecule has 0 amide bonds. The molecule has 1 aromatic heterocycles. The molecule has 0 spiro atoms. The normalized spacial score (nSPS) is 14.1. The van der Waals surface area contributed by atoms with E-state index in [0.717, 1.165) is 0 Å². The lowest BCUT2D eigenvalue weighted by atomic mass is 10.2. The Morgan fingerprint density at radius 2 is 2.33 bits per heavy atom. The fraction of sp³-hybridized carbons (Fsp3) is 0.625. The molecule has 7 heteroatoms. The average Bonchev–Trinajstić information content (AvgIpc) is 2.62. The highest BCUT2D eigenvalue weighted by Gasteiger charge is 2.16. The van der Waals surface area contributed by atoms with E-state index >= 15 is 0 Å². The second-order valence-corrected chi connectivity index (χ2v) is 5.26. The Labute approximate surface area is 89.3 Å². The molecule has 0 aliphatic carbocycles. The number of hydrogen-bond donors (Lipinski definition) is 3. The number of nitrogens with two attached hydrogens (primary N) is 1. The van der Waals surface area contributed by atoms with Gasteiger partial charge in [-0.2, -0.15) is 0 Å². The number of imidazole rings is 1. The standard InChI is InChI=1S/C8H16N4O2S/c1-6(3-9)4-11-15(13,14)8-5-10-7(2)12-8/h5-6,11H,3-4,9H2,1-2H3,(H,10,12). The maximum Gasteiger partial charge on any atom is 0.257 e. The topological polar surface area (TPSA) is 101 Å². The summed E-state index contributed by atoms with van der Waals surface area (Å²) >= 11 is 0. The third-order valence-corrected chi connectivity index (χ3v) is 3.33. The first kappa shape index (κ1) is 12.2. The molecule has 0 radical (unpaired) electrons. The van der Waals surface area contributed by atoms with Gasteiger partial charge in [0.1, 0.15) is 5.82 Å². The molecule has 1 atom stereocenters. The van der Waals surface area contributed by atoms with E-state index in [1.54, 1.807) is 6.92 Å². The molecule has 0 aromatic carbocycles. The van der Waals surface area contributed by atoms with Crippen LogP contribution in [0.3, 0.4) is 0 Å². The van der Waals surface area contributed by atoms with Crippen LogP contribution in [0.2, 0.25) is 0 Å². The number of aryl methyl sites for hydroxylation is 1. The highest BCUT2D eigenvalue weighted by Crippen LogP contribution is 2.04. The van der Waals surface area contributed by atoms with Crippen molar-refractivity contribution in [2.45, 2.75) is 18.9 Å². The number of H-pyrrole nitrogens is 1. The molecule has 1 rings (SSSR count). The molecule has 86 valence electrons. The van der Waals surface area contributed by atoms with Gasteiger partial charge in [-0.15, -0.1) is 0 Å². The molecule has 15 heavy (non-hydrogen) atoms. The zero-order valence-electron chi connectivity index (χ0n) is 8.82. The van der Waals surface area contributed by atoms with Gasteiger partial charge in [0.15, 0.2) is 5.03 Å². The van der Waals surface area contributed by atoms with Crippen molar-refractivity contribution < 1.29 is 8.42 Å². The molecule has 6 nitrogen and oxygen atoms in total. The Morgan fingerprint density at radius 3 is 2.80 bits per heavy atom. The Bertz CT molecular complexity index is 412. The smallest absolute Gasteiger partial charge is 0.257 e. The molecule has 0 aliphatic heterocycles. The number of aromatic nitrogens is 2. The van der Waals surface area contributed by atoms with Crippen LogP contribution in [-0.4, -0.2) is 31.5 Å². The van der Waals surface area contributed by atoms with Crippen molar-refractivity contribution in [3.05, 3.63) is 12.0 Å². The summed E-state index contributed by atoms with van der Waals surface area (Å²) in [6.07, 6.45) is 1.30. The number of hydrogen-bond acceptors (Lipinski definition) is 4. The number of rotatable bonds is 5. The maximum absolute atomic E-state index is 11.6. The van der Waals surface area contributed by atoms with Crippen LogP contribution in [0.4, 0.5) is 0 Å². The highest BCUT2D eigenvalue weighted by atomic mass is 32.2. The van der Waals surface area contributed by atoms with E-state index in [1.807, 2.05) is 6.92 Å². The maximum atomic E-state index is 11.6. The number of nitrogens with one attached hydrogen (secondary N) is 2. The van der Waals surface area contributed by atoms with Crippen molar-refractivity contribution in [1.29, 1.82) is 0 Å². The number of aromatic amines is 1. The van der Waals surface area contributed by atoms with Crippen molar-refractivity contribution >= 4 is 10.0 Å². The van der Waals surface area contributed by atoms with Gasteiger partial charge in [0.05, 0.1) is 6.20 Å². The minimum atomic E-state index is -3.47. The van der Waals surface area contributed by atoms with Gasteiger partial charge in [-0.3, -0.25) is 0 Å². The molecule has 1 unspecified atom stereocenters. The molecule has 0 aliphatic rings. The van der Waals surface area contributed by atoms with E-state index in [9.17, 15) is 8.42 Å². The first-order valence-electron chi connectivity index (χ1n) is 4.67. The SMILES string of the molecule is Cc1ncc(S(=O)(=O)NCC(C)CN)[nH]1.